The first-order valence-corrected chi connectivity index (χ1v) is 13.7. The summed E-state index contributed by atoms with van der Waals surface area (Å²) in [6.07, 6.45) is 2.03. The number of ether oxygens (including phenoxy) is 2. The number of anilines is 2. The molecule has 1 saturated heterocycles. The van der Waals surface area contributed by atoms with Crippen LogP contribution in [0.4, 0.5) is 11.8 Å². The van der Waals surface area contributed by atoms with Crippen molar-refractivity contribution in [1.82, 2.24) is 24.7 Å². The summed E-state index contributed by atoms with van der Waals surface area (Å²) >= 11 is 0. The average Bonchev–Trinajstić information content (AvgIpc) is 3.42. The molecule has 1 aliphatic rings. The topological polar surface area (TPSA) is 219 Å². The number of hydrogen-bond acceptors (Lipinski definition) is 13. The molecule has 0 aliphatic carbocycles. The van der Waals surface area contributed by atoms with Gasteiger partial charge in [-0.3, -0.25) is 9.32 Å². The molecule has 0 saturated carbocycles. The number of nitrogens with zero attached hydrogens (tertiary/aromatic N) is 4. The van der Waals surface area contributed by atoms with E-state index >= 15 is 0 Å². The van der Waals surface area contributed by atoms with E-state index in [0.717, 1.165) is 0 Å². The van der Waals surface area contributed by atoms with E-state index in [2.05, 4.69) is 26.1 Å². The van der Waals surface area contributed by atoms with E-state index in [4.69, 9.17) is 36.4 Å². The van der Waals surface area contributed by atoms with Gasteiger partial charge in [0.25, 0.3) is 0 Å². The fourth-order valence-electron chi connectivity index (χ4n) is 3.97. The first kappa shape index (κ1) is 29.2. The second-order valence-electron chi connectivity index (χ2n) is 9.29. The smallest absolute Gasteiger partial charge is 0.459 e. The van der Waals surface area contributed by atoms with E-state index < -0.39 is 56.4 Å². The Kier molecular flexibility index (Phi) is 8.31. The van der Waals surface area contributed by atoms with Gasteiger partial charge in [0.15, 0.2) is 17.1 Å². The highest BCUT2D eigenvalue weighted by molar-refractivity contribution is 7.52. The largest absolute Gasteiger partial charge is 0.462 e. The quantitative estimate of drug-likeness (QED) is 0.127. The van der Waals surface area contributed by atoms with Crippen molar-refractivity contribution in [3.05, 3.63) is 42.2 Å². The number of aromatic nitrogens is 4. The number of aliphatic hydroxyl groups excluding tert-OH is 2. The summed E-state index contributed by atoms with van der Waals surface area (Å²) in [6, 6.07) is 6.93. The highest BCUT2D eigenvalue weighted by Crippen LogP contribution is 2.48. The Hall–Kier alpha value is -3.77. The Morgan fingerprint density at radius 2 is 2.00 bits per heavy atom. The second kappa shape index (κ2) is 11.4. The molecule has 0 radical (unpaired) electrons. The van der Waals surface area contributed by atoms with Crippen LogP contribution in [0.3, 0.4) is 0 Å². The minimum Gasteiger partial charge on any atom is -0.462 e. The third kappa shape index (κ3) is 5.87. The van der Waals surface area contributed by atoms with Gasteiger partial charge in [-0.2, -0.15) is 10.1 Å². The third-order valence-corrected chi connectivity index (χ3v) is 7.51. The number of nitrogen functional groups attached to an aromatic ring is 2. The Balaban J connectivity index is 1.61. The molecule has 15 nitrogen and oxygen atoms in total. The summed E-state index contributed by atoms with van der Waals surface area (Å²) in [4.78, 5) is 20.4. The van der Waals surface area contributed by atoms with Crippen molar-refractivity contribution >= 4 is 31.1 Å². The molecule has 0 spiro atoms. The molecular weight excluding hydrogens is 545 g/mol. The molecule has 1 aromatic carbocycles. The number of rotatable bonds is 10. The molecule has 2 aromatic heterocycles. The number of nitrogens with one attached hydrogen (secondary N) is 1. The number of nitrogens with two attached hydrogens (primary N) is 2. The normalized spacial score (nSPS) is 24.9. The van der Waals surface area contributed by atoms with Crippen molar-refractivity contribution in [2.24, 2.45) is 0 Å². The van der Waals surface area contributed by atoms with Gasteiger partial charge in [-0.25, -0.2) is 14.1 Å². The minimum absolute atomic E-state index is 0.0199. The zero-order valence-electron chi connectivity index (χ0n) is 21.9. The van der Waals surface area contributed by atoms with E-state index in [1.165, 1.54) is 29.8 Å². The molecule has 16 heteroatoms. The van der Waals surface area contributed by atoms with Crippen LogP contribution < -0.4 is 21.1 Å². The van der Waals surface area contributed by atoms with E-state index in [9.17, 15) is 19.6 Å². The van der Waals surface area contributed by atoms with Gasteiger partial charge in [-0.15, -0.1) is 11.5 Å². The summed E-state index contributed by atoms with van der Waals surface area (Å²) in [6.45, 7) is 4.02. The number of carbonyl (C=O) groups is 1. The summed E-state index contributed by atoms with van der Waals surface area (Å²) in [5.41, 5.74) is 9.83. The zero-order valence-corrected chi connectivity index (χ0v) is 22.8. The van der Waals surface area contributed by atoms with Crippen molar-refractivity contribution < 1.29 is 38.1 Å². The Bertz CT molecular complexity index is 1460. The van der Waals surface area contributed by atoms with Crippen molar-refractivity contribution in [1.29, 1.82) is 0 Å². The highest BCUT2D eigenvalue weighted by Gasteiger charge is 2.56. The number of imidazole rings is 1. The third-order valence-electron chi connectivity index (χ3n) is 5.89. The number of hydrogen-bond donors (Lipinski definition) is 5. The summed E-state index contributed by atoms with van der Waals surface area (Å²) < 4.78 is 37.4. The highest BCUT2D eigenvalue weighted by atomic mass is 31.2. The zero-order chi connectivity index (χ0) is 29.2. The minimum atomic E-state index is -4.37. The predicted molar refractivity (Wildman–Crippen MR) is 141 cm³/mol. The lowest BCUT2D eigenvalue weighted by molar-refractivity contribution is -0.149. The Morgan fingerprint density at radius 3 is 2.65 bits per heavy atom. The van der Waals surface area contributed by atoms with E-state index in [1.54, 1.807) is 32.0 Å². The molecule has 214 valence electrons. The van der Waals surface area contributed by atoms with Crippen LogP contribution in [0.1, 0.15) is 32.6 Å². The van der Waals surface area contributed by atoms with E-state index in [1.807, 2.05) is 0 Å². The number of carbonyl (C=O) groups excluding carboxylic acids is 1. The van der Waals surface area contributed by atoms with Gasteiger partial charge in [0, 0.05) is 0 Å². The molecule has 7 N–H and O–H groups in total. The van der Waals surface area contributed by atoms with Gasteiger partial charge >= 0.3 is 13.7 Å². The number of aliphatic hydroxyl groups is 2. The molecule has 3 aromatic rings. The summed E-state index contributed by atoms with van der Waals surface area (Å²) in [5, 5.41) is 28.5. The van der Waals surface area contributed by atoms with Crippen LogP contribution in [0, 0.1) is 12.3 Å². The monoisotopic (exact) mass is 575 g/mol. The number of fused-ring (bicyclic) bond motifs is 1. The van der Waals surface area contributed by atoms with Crippen LogP contribution in [0.5, 0.6) is 5.75 Å². The van der Waals surface area contributed by atoms with E-state index in [0.29, 0.717) is 0 Å². The van der Waals surface area contributed by atoms with Gasteiger partial charge in [0.05, 0.1) is 18.0 Å². The standard InChI is InChI=1S/C24H30N7O8P/c1-5-24(19(33)17(32)18(38-24)16-11-27-21-20(25)28-23(26)29-31(16)21)12-36-40(35,39-15-9-7-6-8-10-15)30-14(4)22(34)37-13(2)3/h1,6-11,13-14,17-19,32-33H,12H2,2-4H3,(H,30,35)(H4,25,26,28,29)/t14-,17?,18-,19?,24+,40-/m0/s1. The van der Waals surface area contributed by atoms with Crippen molar-refractivity contribution in [2.45, 2.75) is 56.8 Å². The molecule has 2 unspecified atom stereocenters. The maximum absolute atomic E-state index is 13.9. The fraction of sp³-hybridized carbons (Fsp3) is 0.417. The average molecular weight is 576 g/mol. The van der Waals surface area contributed by atoms with Crippen molar-refractivity contribution in [3.63, 3.8) is 0 Å². The van der Waals surface area contributed by atoms with Gasteiger partial charge < -0.3 is 35.7 Å². The lowest BCUT2D eigenvalue weighted by Gasteiger charge is -2.29. The SMILES string of the molecule is C#C[C@]1(CO[P@@](=O)(N[C@@H](C)C(=O)OC(C)C)Oc2ccccc2)O[C@@H](c2cnc3c(N)nc(N)nn23)C(O)C1O. The second-order valence-corrected chi connectivity index (χ2v) is 11.0. The van der Waals surface area contributed by atoms with Gasteiger partial charge in [0.2, 0.25) is 5.95 Å². The van der Waals surface area contributed by atoms with Crippen LogP contribution in [-0.4, -0.2) is 72.3 Å². The summed E-state index contributed by atoms with van der Waals surface area (Å²) in [5.74, 6) is 1.56. The molecule has 6 atom stereocenters. The van der Waals surface area contributed by atoms with E-state index in [-0.39, 0.29) is 28.9 Å². The molecule has 1 fully saturated rings. The Labute approximate surface area is 229 Å². The lowest BCUT2D eigenvalue weighted by atomic mass is 9.96. The first-order chi connectivity index (χ1) is 18.9. The number of benzene rings is 1. The van der Waals surface area contributed by atoms with Gasteiger partial charge in [0.1, 0.15) is 36.7 Å². The molecule has 40 heavy (non-hydrogen) atoms. The number of para-hydroxylation sites is 1. The van der Waals surface area contributed by atoms with Crippen LogP contribution in [0.15, 0.2) is 36.5 Å². The van der Waals surface area contributed by atoms with Crippen LogP contribution >= 0.6 is 7.75 Å². The maximum atomic E-state index is 13.9. The van der Waals surface area contributed by atoms with Gasteiger partial charge in [-0.05, 0) is 32.9 Å². The van der Waals surface area contributed by atoms with Crippen molar-refractivity contribution in [2.75, 3.05) is 18.1 Å². The van der Waals surface area contributed by atoms with Crippen LogP contribution in [0.25, 0.3) is 5.65 Å². The van der Waals surface area contributed by atoms with Crippen LogP contribution in [-0.2, 0) is 23.4 Å². The maximum Gasteiger partial charge on any atom is 0.459 e. The molecule has 4 rings (SSSR count). The number of esters is 1. The number of terminal acetylenes is 1. The summed E-state index contributed by atoms with van der Waals surface area (Å²) in [7, 11) is -4.37. The fourth-order valence-corrected chi connectivity index (χ4v) is 5.49. The molecule has 0 amide bonds. The van der Waals surface area contributed by atoms with Gasteiger partial charge in [-0.1, -0.05) is 24.1 Å². The molecule has 3 heterocycles. The molecular formula is C24H30N7O8P. The molecule has 0 bridgehead atoms. The molecule has 1 aliphatic heterocycles. The lowest BCUT2D eigenvalue weighted by Crippen LogP contribution is -2.46. The predicted octanol–water partition coefficient (Wildman–Crippen LogP) is 0.587. The Morgan fingerprint density at radius 1 is 1.30 bits per heavy atom. The van der Waals surface area contributed by atoms with Crippen molar-refractivity contribution in [3.8, 4) is 18.1 Å². The first-order valence-electron chi connectivity index (χ1n) is 12.1. The van der Waals surface area contributed by atoms with Crippen LogP contribution in [0.2, 0.25) is 0 Å².